The second-order valence-electron chi connectivity index (χ2n) is 8.82. The largest absolute Gasteiger partial charge is 0.468 e. The van der Waals surface area contributed by atoms with Crippen molar-refractivity contribution >= 4 is 11.7 Å². The van der Waals surface area contributed by atoms with E-state index in [1.807, 2.05) is 0 Å². The summed E-state index contributed by atoms with van der Waals surface area (Å²) in [6.45, 7) is 4.50. The van der Waals surface area contributed by atoms with Gasteiger partial charge in [-0.2, -0.15) is 0 Å². The van der Waals surface area contributed by atoms with Crippen molar-refractivity contribution in [1.82, 2.24) is 4.90 Å². The summed E-state index contributed by atoms with van der Waals surface area (Å²) >= 11 is 0. The molecule has 5 bridgehead atoms. The molecule has 6 rings (SSSR count). The van der Waals surface area contributed by atoms with Gasteiger partial charge >= 0.3 is 5.97 Å². The van der Waals surface area contributed by atoms with Crippen molar-refractivity contribution in [2.24, 2.45) is 11.3 Å². The first kappa shape index (κ1) is 16.1. The summed E-state index contributed by atoms with van der Waals surface area (Å²) in [5, 5.41) is 0. The molecule has 0 unspecified atom stereocenters. The second kappa shape index (κ2) is 4.76. The molecule has 5 heteroatoms. The van der Waals surface area contributed by atoms with Crippen molar-refractivity contribution in [2.45, 2.75) is 36.9 Å². The van der Waals surface area contributed by atoms with Crippen molar-refractivity contribution in [3.63, 3.8) is 0 Å². The number of likely N-dealkylation sites (N-methyl/N-ethyl adjacent to an activating group) is 1. The molecular formula is C22H26N2O3. The van der Waals surface area contributed by atoms with Gasteiger partial charge in [0.1, 0.15) is 5.41 Å². The number of para-hydroxylation sites is 1. The molecule has 0 amide bonds. The molecule has 1 aromatic rings. The van der Waals surface area contributed by atoms with Gasteiger partial charge in [0.2, 0.25) is 0 Å². The summed E-state index contributed by atoms with van der Waals surface area (Å²) in [4.78, 5) is 18.5. The maximum absolute atomic E-state index is 13.6. The Morgan fingerprint density at radius 1 is 1.37 bits per heavy atom. The van der Waals surface area contributed by atoms with Crippen LogP contribution >= 0.6 is 0 Å². The lowest BCUT2D eigenvalue weighted by molar-refractivity contribution is -0.183. The lowest BCUT2D eigenvalue weighted by Crippen LogP contribution is -2.80. The third-order valence-electron chi connectivity index (χ3n) is 8.59. The van der Waals surface area contributed by atoms with Gasteiger partial charge in [0.15, 0.2) is 5.72 Å². The monoisotopic (exact) mass is 366 g/mol. The molecule has 27 heavy (non-hydrogen) atoms. The van der Waals surface area contributed by atoms with Gasteiger partial charge in [0.25, 0.3) is 0 Å². The lowest BCUT2D eigenvalue weighted by atomic mass is 9.43. The maximum atomic E-state index is 13.6. The maximum Gasteiger partial charge on any atom is 0.315 e. The van der Waals surface area contributed by atoms with Gasteiger partial charge in [-0.15, -0.1) is 0 Å². The zero-order chi connectivity index (χ0) is 18.6. The van der Waals surface area contributed by atoms with Crippen LogP contribution in [0.25, 0.3) is 0 Å². The van der Waals surface area contributed by atoms with Gasteiger partial charge in [-0.1, -0.05) is 29.8 Å². The first-order valence-corrected chi connectivity index (χ1v) is 10.0. The minimum absolute atomic E-state index is 0.0902. The van der Waals surface area contributed by atoms with Crippen LogP contribution in [0.1, 0.15) is 25.3 Å². The normalized spacial score (nSPS) is 45.1. The fraction of sp³-hybridized carbons (Fsp3) is 0.591. The topological polar surface area (TPSA) is 42.0 Å². The average Bonchev–Trinajstić information content (AvgIpc) is 3.09. The number of methoxy groups -OCH3 is 1. The summed E-state index contributed by atoms with van der Waals surface area (Å²) in [6, 6.07) is 8.92. The first-order chi connectivity index (χ1) is 13.1. The molecule has 0 radical (unpaired) electrons. The Morgan fingerprint density at radius 3 is 2.96 bits per heavy atom. The second-order valence-corrected chi connectivity index (χ2v) is 8.82. The molecule has 1 aromatic carbocycles. The number of benzene rings is 1. The number of hydrogen-bond acceptors (Lipinski definition) is 5. The average molecular weight is 366 g/mol. The molecule has 0 aromatic heterocycles. The van der Waals surface area contributed by atoms with Crippen molar-refractivity contribution in [1.29, 1.82) is 0 Å². The van der Waals surface area contributed by atoms with Crippen LogP contribution < -0.4 is 4.90 Å². The van der Waals surface area contributed by atoms with Crippen molar-refractivity contribution in [2.75, 3.05) is 38.8 Å². The summed E-state index contributed by atoms with van der Waals surface area (Å²) in [5.74, 6) is 0.0966. The Balaban J connectivity index is 1.75. The van der Waals surface area contributed by atoms with Gasteiger partial charge in [-0.05, 0) is 31.4 Å². The zero-order valence-corrected chi connectivity index (χ0v) is 16.2. The Labute approximate surface area is 159 Å². The van der Waals surface area contributed by atoms with E-state index in [1.54, 1.807) is 0 Å². The van der Waals surface area contributed by atoms with E-state index >= 15 is 0 Å². The minimum atomic E-state index is -0.645. The van der Waals surface area contributed by atoms with Gasteiger partial charge in [0.05, 0.1) is 25.2 Å². The highest BCUT2D eigenvalue weighted by Crippen LogP contribution is 2.76. The quantitative estimate of drug-likeness (QED) is 0.564. The number of carbonyl (C=O) groups is 1. The number of piperidine rings is 2. The van der Waals surface area contributed by atoms with Crippen molar-refractivity contribution in [3.8, 4) is 0 Å². The molecular weight excluding hydrogens is 340 g/mol. The van der Waals surface area contributed by atoms with E-state index in [2.05, 4.69) is 54.1 Å². The first-order valence-electron chi connectivity index (χ1n) is 10.0. The summed E-state index contributed by atoms with van der Waals surface area (Å²) < 4.78 is 12.3. The Bertz CT molecular complexity index is 897. The van der Waals surface area contributed by atoms with Crippen LogP contribution in [-0.2, 0) is 19.7 Å². The summed E-state index contributed by atoms with van der Waals surface area (Å²) in [6.07, 6.45) is 4.13. The van der Waals surface area contributed by atoms with Gasteiger partial charge in [-0.3, -0.25) is 9.69 Å². The van der Waals surface area contributed by atoms with E-state index in [4.69, 9.17) is 9.47 Å². The van der Waals surface area contributed by atoms with Gasteiger partial charge in [0, 0.05) is 31.7 Å². The number of hydrogen-bond donors (Lipinski definition) is 0. The third-order valence-corrected chi connectivity index (χ3v) is 8.59. The number of anilines is 1. The van der Waals surface area contributed by atoms with E-state index < -0.39 is 11.1 Å². The van der Waals surface area contributed by atoms with E-state index in [-0.39, 0.29) is 17.3 Å². The molecule has 1 aliphatic carbocycles. The molecule has 0 N–H and O–H groups in total. The molecule has 142 valence electrons. The van der Waals surface area contributed by atoms with Crippen molar-refractivity contribution in [3.05, 3.63) is 41.5 Å². The molecule has 1 saturated carbocycles. The van der Waals surface area contributed by atoms with Crippen LogP contribution in [0.5, 0.6) is 0 Å². The van der Waals surface area contributed by atoms with Crippen LogP contribution in [0.2, 0.25) is 0 Å². The molecule has 5 aliphatic rings. The molecule has 4 fully saturated rings. The van der Waals surface area contributed by atoms with E-state index in [0.717, 1.165) is 25.9 Å². The van der Waals surface area contributed by atoms with Crippen molar-refractivity contribution < 1.29 is 14.3 Å². The van der Waals surface area contributed by atoms with Crippen LogP contribution in [0.4, 0.5) is 5.69 Å². The van der Waals surface area contributed by atoms with Gasteiger partial charge < -0.3 is 14.4 Å². The number of nitrogens with zero attached hydrogens (tertiary/aromatic N) is 2. The molecule has 3 saturated heterocycles. The smallest absolute Gasteiger partial charge is 0.315 e. The van der Waals surface area contributed by atoms with E-state index in [0.29, 0.717) is 12.6 Å². The molecule has 4 aliphatic heterocycles. The van der Waals surface area contributed by atoms with Crippen LogP contribution in [-0.4, -0.2) is 56.5 Å². The highest BCUT2D eigenvalue weighted by molar-refractivity contribution is 5.86. The Kier molecular flexibility index (Phi) is 2.84. The summed E-state index contributed by atoms with van der Waals surface area (Å²) in [5.41, 5.74) is 2.40. The number of carbonyl (C=O) groups excluding carboxylic acids is 1. The number of esters is 1. The summed E-state index contributed by atoms with van der Waals surface area (Å²) in [7, 11) is 3.70. The number of allylic oxidation sites excluding steroid dienone is 1. The SMILES string of the molecule is C/C=C1/CN2CC[C@@]34c5ccccc5N(C)[C@]35OC[C@@]4(C(=O)OC)[C@@H]1C[C@H]25. The highest BCUT2D eigenvalue weighted by Gasteiger charge is 2.86. The predicted molar refractivity (Wildman–Crippen MR) is 101 cm³/mol. The minimum Gasteiger partial charge on any atom is -0.468 e. The van der Waals surface area contributed by atoms with E-state index in [1.165, 1.54) is 23.9 Å². The molecule has 0 spiro atoms. The molecule has 4 heterocycles. The number of fused-ring (bicyclic) bond motifs is 3. The zero-order valence-electron chi connectivity index (χ0n) is 16.2. The fourth-order valence-corrected chi connectivity index (χ4v) is 7.75. The predicted octanol–water partition coefficient (Wildman–Crippen LogP) is 2.31. The van der Waals surface area contributed by atoms with Gasteiger partial charge in [-0.25, -0.2) is 0 Å². The van der Waals surface area contributed by atoms with Crippen LogP contribution in [0, 0.1) is 11.3 Å². The molecule has 5 nitrogen and oxygen atoms in total. The van der Waals surface area contributed by atoms with Crippen LogP contribution in [0.15, 0.2) is 35.9 Å². The lowest BCUT2D eigenvalue weighted by Gasteiger charge is -2.66. The standard InChI is InChI=1S/C22H26N2O3/c1-4-14-12-24-10-9-21-15-7-5-6-8-17(15)23(2)22(21)18(24)11-16(14)20(21,13-27-22)19(25)26-3/h4-8,16,18H,9-13H2,1-3H3/b14-4-/t16-,18+,20+,21+,22-/m1/s1. The Morgan fingerprint density at radius 2 is 2.19 bits per heavy atom. The number of rotatable bonds is 1. The van der Waals surface area contributed by atoms with Crippen LogP contribution in [0.3, 0.4) is 0 Å². The number of ether oxygens (including phenoxy) is 2. The van der Waals surface area contributed by atoms with E-state index in [9.17, 15) is 4.79 Å². The third kappa shape index (κ3) is 1.34. The Hall–Kier alpha value is -1.85. The highest BCUT2D eigenvalue weighted by atomic mass is 16.6. The fourth-order valence-electron chi connectivity index (χ4n) is 7.75. The molecule has 5 atom stereocenters.